The Morgan fingerprint density at radius 2 is 1.18 bits per heavy atom. The van der Waals surface area contributed by atoms with E-state index in [-0.39, 0.29) is 62.0 Å². The summed E-state index contributed by atoms with van der Waals surface area (Å²) in [4.78, 5) is 0. The Bertz CT molecular complexity index is 387. The Labute approximate surface area is 171 Å². The Balaban J connectivity index is 0. The van der Waals surface area contributed by atoms with Crippen LogP contribution in [0.3, 0.4) is 0 Å². The number of allylic oxidation sites excluding steroid dienone is 8. The van der Waals surface area contributed by atoms with Gasteiger partial charge in [0.15, 0.2) is 0 Å². The molecule has 4 aliphatic rings. The molecule has 0 amide bonds. The van der Waals surface area contributed by atoms with E-state index in [1.165, 1.54) is 38.5 Å². The van der Waals surface area contributed by atoms with Crippen LogP contribution in [-0.4, -0.2) is 11.0 Å². The van der Waals surface area contributed by atoms with Crippen LogP contribution in [0.25, 0.3) is 0 Å². The molecule has 0 nitrogen and oxygen atoms in total. The van der Waals surface area contributed by atoms with Crippen molar-refractivity contribution in [1.29, 1.82) is 0 Å². The maximum Gasteiger partial charge on any atom is 4.00 e. The van der Waals surface area contributed by atoms with Gasteiger partial charge in [-0.05, 0) is 35.6 Å². The number of hydrogen-bond acceptors (Lipinski definition) is 0. The molecule has 0 bridgehead atoms. The summed E-state index contributed by atoms with van der Waals surface area (Å²) in [6, 6.07) is 0. The van der Waals surface area contributed by atoms with E-state index in [1.807, 2.05) is 0 Å². The number of rotatable bonds is 0. The summed E-state index contributed by atoms with van der Waals surface area (Å²) in [5.74, 6) is 1.77. The fraction of sp³-hybridized carbons (Fsp3) is 0.444. The normalized spacial score (nSPS) is 25.5. The average molecular weight is 432 g/mol. The van der Waals surface area contributed by atoms with Crippen molar-refractivity contribution < 1.29 is 51.0 Å². The van der Waals surface area contributed by atoms with Crippen LogP contribution in [0.1, 0.15) is 38.5 Å². The molecular formula is C18H25Cl2SiZr. The fourth-order valence-electron chi connectivity index (χ4n) is 3.33. The molecule has 22 heavy (non-hydrogen) atoms. The zero-order valence-electron chi connectivity index (χ0n) is 13.3. The van der Waals surface area contributed by atoms with Crippen molar-refractivity contribution in [2.75, 3.05) is 0 Å². The van der Waals surface area contributed by atoms with Gasteiger partial charge in [0, 0.05) is 0 Å². The second kappa shape index (κ2) is 12.8. The topological polar surface area (TPSA) is 0 Å². The van der Waals surface area contributed by atoms with Crippen molar-refractivity contribution >= 4 is 11.0 Å². The van der Waals surface area contributed by atoms with Gasteiger partial charge >= 0.3 is 26.2 Å². The van der Waals surface area contributed by atoms with E-state index in [0.29, 0.717) is 0 Å². The van der Waals surface area contributed by atoms with Crippen LogP contribution < -0.4 is 24.8 Å². The molecule has 2 atom stereocenters. The molecule has 2 unspecified atom stereocenters. The molecule has 0 spiro atoms. The van der Waals surface area contributed by atoms with E-state index < -0.39 is 0 Å². The van der Waals surface area contributed by atoms with Crippen LogP contribution in [-0.2, 0) is 26.2 Å². The van der Waals surface area contributed by atoms with Gasteiger partial charge < -0.3 is 24.8 Å². The molecule has 2 saturated carbocycles. The summed E-state index contributed by atoms with van der Waals surface area (Å²) in [7, 11) is 0. The van der Waals surface area contributed by atoms with Crippen LogP contribution in [0.5, 0.6) is 0 Å². The average Bonchev–Trinajstić information content (AvgIpc) is 3.08. The first-order valence-electron chi connectivity index (χ1n) is 7.33. The van der Waals surface area contributed by atoms with E-state index in [2.05, 4.69) is 49.3 Å². The molecule has 0 saturated heterocycles. The predicted octanol–water partition coefficient (Wildman–Crippen LogP) is -2.20. The second-order valence-electron chi connectivity index (χ2n) is 5.62. The van der Waals surface area contributed by atoms with Gasteiger partial charge in [0.2, 0.25) is 0 Å². The maximum absolute atomic E-state index is 2.37. The predicted molar refractivity (Wildman–Crippen MR) is 87.7 cm³/mol. The molecule has 0 heterocycles. The van der Waals surface area contributed by atoms with E-state index in [4.69, 9.17) is 0 Å². The summed E-state index contributed by atoms with van der Waals surface area (Å²) in [6.45, 7) is 0. The van der Waals surface area contributed by atoms with Gasteiger partial charge in [-0.15, -0.1) is 37.1 Å². The Morgan fingerprint density at radius 1 is 0.773 bits per heavy atom. The summed E-state index contributed by atoms with van der Waals surface area (Å²) in [6.07, 6.45) is 26.1. The van der Waals surface area contributed by atoms with Crippen molar-refractivity contribution in [3.05, 3.63) is 60.4 Å². The fourth-order valence-corrected chi connectivity index (χ4v) is 3.33. The van der Waals surface area contributed by atoms with Crippen molar-refractivity contribution in [2.24, 2.45) is 11.8 Å². The molecule has 4 rings (SSSR count). The number of fused-ring (bicyclic) bond motifs is 2. The third-order valence-electron chi connectivity index (χ3n) is 4.42. The Hall–Kier alpha value is 0.380. The third kappa shape index (κ3) is 6.48. The summed E-state index contributed by atoms with van der Waals surface area (Å²) < 4.78 is 0. The summed E-state index contributed by atoms with van der Waals surface area (Å²) >= 11 is 0. The van der Waals surface area contributed by atoms with Crippen LogP contribution in [0.4, 0.5) is 0 Å². The third-order valence-corrected chi connectivity index (χ3v) is 4.42. The maximum atomic E-state index is 2.37. The molecule has 0 aromatic carbocycles. The summed E-state index contributed by atoms with van der Waals surface area (Å²) in [5, 5.41) is 0. The molecule has 119 valence electrons. The quantitative estimate of drug-likeness (QED) is 0.302. The van der Waals surface area contributed by atoms with Gasteiger partial charge in [-0.3, -0.25) is 0 Å². The van der Waals surface area contributed by atoms with Crippen LogP contribution >= 0.6 is 0 Å². The summed E-state index contributed by atoms with van der Waals surface area (Å²) in [5.41, 5.74) is 3.16. The molecule has 2 fully saturated rings. The minimum absolute atomic E-state index is 0. The van der Waals surface area contributed by atoms with Gasteiger partial charge in [-0.2, -0.15) is 0 Å². The van der Waals surface area contributed by atoms with Gasteiger partial charge in [0.1, 0.15) is 0 Å². The zero-order chi connectivity index (χ0) is 12.2. The standard InChI is InChI=1S/2C9H11.2ClH.H3Si.Zr/c2*1-2-5-9-7-3-6-8(9)4-1;;;;/h2*1-2,4,6,9H,3,5,7H2;2*1H;1H3;/q2*-1;;;;+4/p-2. The molecule has 1 radical (unpaired) electrons. The molecule has 0 aliphatic heterocycles. The van der Waals surface area contributed by atoms with E-state index in [1.54, 1.807) is 11.1 Å². The zero-order valence-corrected chi connectivity index (χ0v) is 19.2. The second-order valence-corrected chi connectivity index (χ2v) is 5.62. The first-order valence-corrected chi connectivity index (χ1v) is 7.33. The molecule has 4 aliphatic carbocycles. The van der Waals surface area contributed by atoms with Crippen molar-refractivity contribution in [3.63, 3.8) is 0 Å². The van der Waals surface area contributed by atoms with Gasteiger partial charge in [0.05, 0.1) is 0 Å². The molecule has 0 N–H and O–H groups in total. The Kier molecular flexibility index (Phi) is 14.3. The van der Waals surface area contributed by atoms with Crippen molar-refractivity contribution in [3.8, 4) is 0 Å². The molecule has 4 heteroatoms. The van der Waals surface area contributed by atoms with Crippen molar-refractivity contribution in [2.45, 2.75) is 38.5 Å². The van der Waals surface area contributed by atoms with Gasteiger partial charge in [0.25, 0.3) is 0 Å². The molecule has 0 aromatic rings. The van der Waals surface area contributed by atoms with Crippen LogP contribution in [0, 0.1) is 24.7 Å². The number of hydrogen-bond donors (Lipinski definition) is 0. The number of halogens is 2. The first kappa shape index (κ1) is 24.6. The monoisotopic (exact) mass is 429 g/mol. The van der Waals surface area contributed by atoms with E-state index in [9.17, 15) is 0 Å². The van der Waals surface area contributed by atoms with E-state index in [0.717, 1.165) is 11.8 Å². The Morgan fingerprint density at radius 3 is 1.55 bits per heavy atom. The van der Waals surface area contributed by atoms with Gasteiger partial charge in [-0.25, -0.2) is 36.1 Å². The SMILES string of the molecule is C1=CCC2CC[CH-]C2=C1.C1=CCC2CC[CH-]C2=C1.[Cl-].[Cl-].[SiH3].[Zr+4]. The van der Waals surface area contributed by atoms with Crippen molar-refractivity contribution in [1.82, 2.24) is 0 Å². The van der Waals surface area contributed by atoms with Gasteiger partial charge in [-0.1, -0.05) is 12.8 Å². The minimum atomic E-state index is 0. The first-order chi connectivity index (χ1) is 8.93. The molecular weight excluding hydrogens is 406 g/mol. The largest absolute Gasteiger partial charge is 4.00 e. The minimum Gasteiger partial charge on any atom is -1.00 e. The van der Waals surface area contributed by atoms with E-state index >= 15 is 0 Å². The van der Waals surface area contributed by atoms with Crippen LogP contribution in [0.15, 0.2) is 47.6 Å². The molecule has 0 aromatic heterocycles. The van der Waals surface area contributed by atoms with Crippen LogP contribution in [0.2, 0.25) is 0 Å². The smallest absolute Gasteiger partial charge is 1.00 e.